The molecule has 2 aliphatic heterocycles. The standard InChI is InChI=1S/C28H44O6/c1-16(2)28-14-22(32-23(30)15-29)27(4,34-28)21-12-9-17(3)24(21)25(28)33-26(31)20-11-10-18-7-5-6-8-19(18)13-20/h16-22,24-25,29H,5-15H2,1-4H3/t17-,18?,19?,20?,21-,22-,24-,25+,27+,28-/m1/s1. The van der Waals surface area contributed by atoms with Gasteiger partial charge in [-0.2, -0.15) is 0 Å². The first-order chi connectivity index (χ1) is 16.2. The molecule has 2 heterocycles. The molecular weight excluding hydrogens is 432 g/mol. The molecule has 0 spiro atoms. The fourth-order valence-corrected chi connectivity index (χ4v) is 8.75. The lowest BCUT2D eigenvalue weighted by Crippen LogP contribution is -2.62. The maximum atomic E-state index is 13.7. The van der Waals surface area contributed by atoms with Crippen molar-refractivity contribution in [2.75, 3.05) is 6.61 Å². The number of ether oxygens (including phenoxy) is 3. The Morgan fingerprint density at radius 2 is 1.76 bits per heavy atom. The van der Waals surface area contributed by atoms with Crippen LogP contribution in [0.25, 0.3) is 0 Å². The predicted molar refractivity (Wildman–Crippen MR) is 127 cm³/mol. The molecule has 3 saturated carbocycles. The third-order valence-electron chi connectivity index (χ3n) is 10.7. The van der Waals surface area contributed by atoms with Crippen LogP contribution < -0.4 is 0 Å². The highest BCUT2D eigenvalue weighted by molar-refractivity contribution is 5.73. The van der Waals surface area contributed by atoms with Crippen molar-refractivity contribution in [3.63, 3.8) is 0 Å². The topological polar surface area (TPSA) is 82.1 Å². The second kappa shape index (κ2) is 9.06. The van der Waals surface area contributed by atoms with E-state index < -0.39 is 29.9 Å². The fraction of sp³-hybridized carbons (Fsp3) is 0.929. The quantitative estimate of drug-likeness (QED) is 0.581. The van der Waals surface area contributed by atoms with E-state index in [1.165, 1.54) is 25.7 Å². The monoisotopic (exact) mass is 476 g/mol. The van der Waals surface area contributed by atoms with Crippen LogP contribution in [0, 0.1) is 41.4 Å². The van der Waals surface area contributed by atoms with Crippen LogP contribution in [-0.4, -0.2) is 47.1 Å². The zero-order chi connectivity index (χ0) is 24.3. The Kier molecular flexibility index (Phi) is 6.54. The molecule has 192 valence electrons. The molecule has 5 fully saturated rings. The summed E-state index contributed by atoms with van der Waals surface area (Å²) >= 11 is 0. The second-order valence-electron chi connectivity index (χ2n) is 12.6. The highest BCUT2D eigenvalue weighted by Gasteiger charge is 2.72. The van der Waals surface area contributed by atoms with Crippen LogP contribution in [0.5, 0.6) is 0 Å². The van der Waals surface area contributed by atoms with Gasteiger partial charge in [-0.05, 0) is 68.6 Å². The van der Waals surface area contributed by atoms with Gasteiger partial charge in [-0.15, -0.1) is 0 Å². The Hall–Kier alpha value is -1.14. The van der Waals surface area contributed by atoms with E-state index in [1.54, 1.807) is 0 Å². The summed E-state index contributed by atoms with van der Waals surface area (Å²) in [5.74, 6) is 1.73. The van der Waals surface area contributed by atoms with Crippen molar-refractivity contribution in [3.05, 3.63) is 0 Å². The van der Waals surface area contributed by atoms with E-state index in [1.807, 2.05) is 0 Å². The molecule has 6 nitrogen and oxygen atoms in total. The van der Waals surface area contributed by atoms with Gasteiger partial charge in [0.25, 0.3) is 0 Å². The smallest absolute Gasteiger partial charge is 0.332 e. The van der Waals surface area contributed by atoms with E-state index in [0.29, 0.717) is 18.3 Å². The summed E-state index contributed by atoms with van der Waals surface area (Å²) in [6.07, 6.45) is 10.1. The Labute approximate surface area is 204 Å². The van der Waals surface area contributed by atoms with Gasteiger partial charge in [-0.3, -0.25) is 4.79 Å². The second-order valence-corrected chi connectivity index (χ2v) is 12.6. The molecule has 5 aliphatic rings. The molecule has 10 atom stereocenters. The van der Waals surface area contributed by atoms with E-state index in [9.17, 15) is 14.7 Å². The first kappa shape index (κ1) is 24.5. The van der Waals surface area contributed by atoms with E-state index in [-0.39, 0.29) is 35.7 Å². The van der Waals surface area contributed by atoms with Gasteiger partial charge in [0.05, 0.1) is 5.92 Å². The molecule has 0 aromatic heterocycles. The maximum absolute atomic E-state index is 13.7. The first-order valence-electron chi connectivity index (χ1n) is 13.9. The minimum Gasteiger partial charge on any atom is -0.459 e. The van der Waals surface area contributed by atoms with Gasteiger partial charge in [-0.25, -0.2) is 4.79 Å². The number of esters is 2. The first-order valence-corrected chi connectivity index (χ1v) is 13.9. The van der Waals surface area contributed by atoms with Gasteiger partial charge in [0.15, 0.2) is 0 Å². The summed E-state index contributed by atoms with van der Waals surface area (Å²) < 4.78 is 19.2. The molecule has 6 heteroatoms. The summed E-state index contributed by atoms with van der Waals surface area (Å²) in [7, 11) is 0. The molecule has 5 rings (SSSR count). The zero-order valence-electron chi connectivity index (χ0n) is 21.5. The summed E-state index contributed by atoms with van der Waals surface area (Å²) in [6, 6.07) is 0. The molecular formula is C28H44O6. The number of rotatable bonds is 5. The molecule has 0 amide bonds. The van der Waals surface area contributed by atoms with Gasteiger partial charge in [-0.1, -0.05) is 46.5 Å². The lowest BCUT2D eigenvalue weighted by atomic mass is 9.67. The number of fused-ring (bicyclic) bond motifs is 5. The number of aliphatic hydroxyl groups excluding tert-OH is 1. The molecule has 3 aliphatic carbocycles. The van der Waals surface area contributed by atoms with Crippen molar-refractivity contribution in [1.29, 1.82) is 0 Å². The van der Waals surface area contributed by atoms with E-state index in [0.717, 1.165) is 38.0 Å². The van der Waals surface area contributed by atoms with E-state index in [2.05, 4.69) is 27.7 Å². The van der Waals surface area contributed by atoms with Crippen LogP contribution in [0.1, 0.15) is 91.9 Å². The van der Waals surface area contributed by atoms with Crippen LogP contribution in [0.4, 0.5) is 0 Å². The number of hydrogen-bond donors (Lipinski definition) is 1. The van der Waals surface area contributed by atoms with Crippen molar-refractivity contribution in [2.24, 2.45) is 41.4 Å². The van der Waals surface area contributed by atoms with E-state index >= 15 is 0 Å². The third kappa shape index (κ3) is 3.82. The molecule has 1 N–H and O–H groups in total. The molecule has 0 radical (unpaired) electrons. The highest BCUT2D eigenvalue weighted by atomic mass is 16.6. The van der Waals surface area contributed by atoms with Crippen LogP contribution in [0.2, 0.25) is 0 Å². The molecule has 34 heavy (non-hydrogen) atoms. The van der Waals surface area contributed by atoms with Crippen molar-refractivity contribution < 1.29 is 28.9 Å². The largest absolute Gasteiger partial charge is 0.459 e. The van der Waals surface area contributed by atoms with Gasteiger partial charge in [0, 0.05) is 12.3 Å². The van der Waals surface area contributed by atoms with Crippen LogP contribution in [-0.2, 0) is 23.8 Å². The molecule has 0 aromatic rings. The van der Waals surface area contributed by atoms with E-state index in [4.69, 9.17) is 14.2 Å². The highest BCUT2D eigenvalue weighted by Crippen LogP contribution is 2.63. The summed E-state index contributed by atoms with van der Waals surface area (Å²) in [5, 5.41) is 9.34. The minimum atomic E-state index is -0.674. The third-order valence-corrected chi connectivity index (χ3v) is 10.7. The predicted octanol–water partition coefficient (Wildman–Crippen LogP) is 4.66. The Bertz CT molecular complexity index is 796. The molecule has 2 bridgehead atoms. The summed E-state index contributed by atoms with van der Waals surface area (Å²) in [5.41, 5.74) is -1.29. The van der Waals surface area contributed by atoms with Crippen LogP contribution in [0.3, 0.4) is 0 Å². The average Bonchev–Trinajstić information content (AvgIpc) is 3.34. The molecule has 2 saturated heterocycles. The lowest BCUT2D eigenvalue weighted by molar-refractivity contribution is -0.267. The summed E-state index contributed by atoms with van der Waals surface area (Å²) in [6.45, 7) is 7.98. The van der Waals surface area contributed by atoms with Gasteiger partial charge >= 0.3 is 11.9 Å². The molecule has 0 aromatic carbocycles. The SMILES string of the molecule is CC(C)[C@@]12C[C@@H](OC(=O)CO)[C@@](C)(O1)[C@@H]1CC[C@@H](C)[C@H]1[C@@H]2OC(=O)C1CCC2CCCCC2C1. The lowest BCUT2D eigenvalue weighted by Gasteiger charge is -2.53. The average molecular weight is 477 g/mol. The number of carbonyl (C=O) groups is 2. The van der Waals surface area contributed by atoms with Gasteiger partial charge < -0.3 is 19.3 Å². The number of aliphatic hydroxyl groups is 1. The molecule has 3 unspecified atom stereocenters. The normalized spacial score (nSPS) is 47.7. The van der Waals surface area contributed by atoms with Crippen LogP contribution in [0.15, 0.2) is 0 Å². The van der Waals surface area contributed by atoms with Crippen LogP contribution >= 0.6 is 0 Å². The maximum Gasteiger partial charge on any atom is 0.332 e. The number of hydrogen-bond acceptors (Lipinski definition) is 6. The van der Waals surface area contributed by atoms with Gasteiger partial charge in [0.1, 0.15) is 30.0 Å². The summed E-state index contributed by atoms with van der Waals surface area (Å²) in [4.78, 5) is 25.8. The minimum absolute atomic E-state index is 0.00329. The van der Waals surface area contributed by atoms with Crippen molar-refractivity contribution in [3.8, 4) is 0 Å². The Morgan fingerprint density at radius 1 is 1.03 bits per heavy atom. The Morgan fingerprint density at radius 3 is 2.47 bits per heavy atom. The Balaban J connectivity index is 1.41. The van der Waals surface area contributed by atoms with Crippen molar-refractivity contribution in [2.45, 2.75) is 115 Å². The zero-order valence-corrected chi connectivity index (χ0v) is 21.5. The number of carbonyl (C=O) groups excluding carboxylic acids is 2. The fourth-order valence-electron chi connectivity index (χ4n) is 8.75. The van der Waals surface area contributed by atoms with Crippen molar-refractivity contribution >= 4 is 11.9 Å². The van der Waals surface area contributed by atoms with Crippen molar-refractivity contribution in [1.82, 2.24) is 0 Å². The van der Waals surface area contributed by atoms with Gasteiger partial charge in [0.2, 0.25) is 0 Å².